The van der Waals surface area contributed by atoms with E-state index in [1.54, 1.807) is 32.6 Å². The van der Waals surface area contributed by atoms with E-state index in [1.807, 2.05) is 26.2 Å². The zero-order valence-electron chi connectivity index (χ0n) is 14.3. The predicted molar refractivity (Wildman–Crippen MR) is 103 cm³/mol. The molecule has 126 valence electrons. The molecule has 0 aliphatic carbocycles. The summed E-state index contributed by atoms with van der Waals surface area (Å²) in [6.45, 7) is 0. The third kappa shape index (κ3) is 4.52. The van der Waals surface area contributed by atoms with Crippen molar-refractivity contribution in [2.45, 2.75) is 0 Å². The van der Waals surface area contributed by atoms with Gasteiger partial charge in [0.1, 0.15) is 17.2 Å². The van der Waals surface area contributed by atoms with Crippen molar-refractivity contribution in [2.24, 2.45) is 4.99 Å². The zero-order chi connectivity index (χ0) is 17.5. The second kappa shape index (κ2) is 8.41. The van der Waals surface area contributed by atoms with Gasteiger partial charge in [-0.15, -0.1) is 0 Å². The monoisotopic (exact) mass is 344 g/mol. The third-order valence-electron chi connectivity index (χ3n) is 3.45. The maximum absolute atomic E-state index is 6.13. The molecule has 2 aromatic carbocycles. The number of nitrogens with zero attached hydrogens (tertiary/aromatic N) is 2. The van der Waals surface area contributed by atoms with E-state index in [9.17, 15) is 0 Å². The van der Waals surface area contributed by atoms with Crippen molar-refractivity contribution in [3.05, 3.63) is 53.1 Å². The van der Waals surface area contributed by atoms with E-state index in [4.69, 9.17) is 21.1 Å². The van der Waals surface area contributed by atoms with Crippen LogP contribution in [-0.2, 0) is 0 Å². The maximum atomic E-state index is 6.13. The zero-order valence-corrected chi connectivity index (χ0v) is 15.0. The molecule has 0 saturated carbocycles. The molecule has 0 saturated heterocycles. The molecular formula is C19H21ClN2O2. The first-order valence-corrected chi connectivity index (χ1v) is 7.82. The fourth-order valence-electron chi connectivity index (χ4n) is 2.11. The number of methoxy groups -OCH3 is 2. The Balaban J connectivity index is 2.12. The molecule has 0 heterocycles. The van der Waals surface area contributed by atoms with Crippen molar-refractivity contribution in [1.82, 2.24) is 0 Å². The van der Waals surface area contributed by atoms with E-state index in [0.29, 0.717) is 22.2 Å². The van der Waals surface area contributed by atoms with Gasteiger partial charge >= 0.3 is 0 Å². The lowest BCUT2D eigenvalue weighted by molar-refractivity contribution is 0.395. The Morgan fingerprint density at radius 2 is 1.67 bits per heavy atom. The van der Waals surface area contributed by atoms with Crippen LogP contribution in [0.15, 0.2) is 47.5 Å². The summed E-state index contributed by atoms with van der Waals surface area (Å²) in [5, 5.41) is 0.494. The highest BCUT2D eigenvalue weighted by molar-refractivity contribution is 6.32. The molecule has 0 amide bonds. The Morgan fingerprint density at radius 1 is 1.00 bits per heavy atom. The van der Waals surface area contributed by atoms with Crippen LogP contribution >= 0.6 is 11.6 Å². The summed E-state index contributed by atoms with van der Waals surface area (Å²) in [4.78, 5) is 6.45. The summed E-state index contributed by atoms with van der Waals surface area (Å²) >= 11 is 6.13. The van der Waals surface area contributed by atoms with Gasteiger partial charge in [0.2, 0.25) is 0 Å². The Labute approximate surface area is 148 Å². The highest BCUT2D eigenvalue weighted by atomic mass is 35.5. The second-order valence-corrected chi connectivity index (χ2v) is 5.69. The smallest absolute Gasteiger partial charge is 0.148 e. The first-order chi connectivity index (χ1) is 11.5. The van der Waals surface area contributed by atoms with Crippen molar-refractivity contribution in [2.75, 3.05) is 33.2 Å². The van der Waals surface area contributed by atoms with Crippen molar-refractivity contribution in [3.63, 3.8) is 0 Å². The van der Waals surface area contributed by atoms with Crippen LogP contribution in [0.2, 0.25) is 5.02 Å². The van der Waals surface area contributed by atoms with Crippen molar-refractivity contribution in [1.29, 1.82) is 0 Å². The lowest BCUT2D eigenvalue weighted by Crippen LogP contribution is -2.07. The van der Waals surface area contributed by atoms with Crippen LogP contribution < -0.4 is 14.4 Å². The van der Waals surface area contributed by atoms with Crippen molar-refractivity contribution >= 4 is 35.3 Å². The highest BCUT2D eigenvalue weighted by Crippen LogP contribution is 2.37. The summed E-state index contributed by atoms with van der Waals surface area (Å²) in [5.41, 5.74) is 2.92. The predicted octanol–water partition coefficient (Wildman–Crippen LogP) is 4.84. The standard InChI is InChI=1S/C19H21ClN2O2/c1-22(2)15-9-7-14(8-10-15)6-5-11-21-17-12-16(20)18(23-3)13-19(17)24-4/h5-13H,1-4H3/b6-5+,21-11?. The molecular weight excluding hydrogens is 324 g/mol. The number of hydrogen-bond acceptors (Lipinski definition) is 4. The van der Waals surface area contributed by atoms with Crippen LogP contribution in [-0.4, -0.2) is 34.5 Å². The minimum absolute atomic E-state index is 0.494. The SMILES string of the molecule is COc1cc(OC)c(N=C/C=C/c2ccc(N(C)C)cc2)cc1Cl. The van der Waals surface area contributed by atoms with Gasteiger partial charge in [0.15, 0.2) is 0 Å². The quantitative estimate of drug-likeness (QED) is 0.703. The lowest BCUT2D eigenvalue weighted by Gasteiger charge is -2.11. The minimum Gasteiger partial charge on any atom is -0.495 e. The van der Waals surface area contributed by atoms with Crippen molar-refractivity contribution in [3.8, 4) is 11.5 Å². The summed E-state index contributed by atoms with van der Waals surface area (Å²) < 4.78 is 10.5. The molecule has 0 bridgehead atoms. The first kappa shape index (κ1) is 17.9. The average molecular weight is 345 g/mol. The van der Waals surface area contributed by atoms with Crippen LogP contribution in [0.1, 0.15) is 5.56 Å². The fourth-order valence-corrected chi connectivity index (χ4v) is 2.34. The summed E-state index contributed by atoms with van der Waals surface area (Å²) in [6, 6.07) is 11.7. The van der Waals surface area contributed by atoms with Gasteiger partial charge in [0, 0.05) is 32.1 Å². The summed E-state index contributed by atoms with van der Waals surface area (Å²) in [7, 11) is 7.19. The molecule has 2 aromatic rings. The molecule has 0 aliphatic rings. The number of allylic oxidation sites excluding steroid dienone is 1. The lowest BCUT2D eigenvalue weighted by atomic mass is 10.2. The topological polar surface area (TPSA) is 34.1 Å². The molecule has 4 nitrogen and oxygen atoms in total. The average Bonchev–Trinajstić information content (AvgIpc) is 2.59. The largest absolute Gasteiger partial charge is 0.495 e. The molecule has 0 fully saturated rings. The van der Waals surface area contributed by atoms with Gasteiger partial charge in [-0.2, -0.15) is 0 Å². The Kier molecular flexibility index (Phi) is 6.27. The van der Waals surface area contributed by atoms with E-state index < -0.39 is 0 Å². The van der Waals surface area contributed by atoms with Crippen LogP contribution in [0.5, 0.6) is 11.5 Å². The summed E-state index contributed by atoms with van der Waals surface area (Å²) in [6.07, 6.45) is 5.57. The first-order valence-electron chi connectivity index (χ1n) is 7.44. The summed E-state index contributed by atoms with van der Waals surface area (Å²) in [5.74, 6) is 1.17. The molecule has 0 aliphatic heterocycles. The molecule has 0 spiro atoms. The van der Waals surface area contributed by atoms with Gasteiger partial charge in [-0.3, -0.25) is 4.99 Å². The highest BCUT2D eigenvalue weighted by Gasteiger charge is 2.08. The molecule has 0 aromatic heterocycles. The van der Waals surface area contributed by atoms with E-state index in [-0.39, 0.29) is 0 Å². The molecule has 5 heteroatoms. The molecule has 0 radical (unpaired) electrons. The number of anilines is 1. The fraction of sp³-hybridized carbons (Fsp3) is 0.211. The van der Waals surface area contributed by atoms with Crippen LogP contribution in [0.3, 0.4) is 0 Å². The normalized spacial score (nSPS) is 11.2. The van der Waals surface area contributed by atoms with Crippen LogP contribution in [0.4, 0.5) is 11.4 Å². The number of benzene rings is 2. The molecule has 0 atom stereocenters. The number of aliphatic imine (C=N–C) groups is 1. The Morgan fingerprint density at radius 3 is 2.25 bits per heavy atom. The van der Waals surface area contributed by atoms with E-state index >= 15 is 0 Å². The third-order valence-corrected chi connectivity index (χ3v) is 3.75. The number of rotatable bonds is 6. The van der Waals surface area contributed by atoms with Crippen LogP contribution in [0, 0.1) is 0 Å². The number of halogens is 1. The van der Waals surface area contributed by atoms with Gasteiger partial charge < -0.3 is 14.4 Å². The molecule has 2 rings (SSSR count). The van der Waals surface area contributed by atoms with E-state index in [1.165, 1.54) is 5.69 Å². The van der Waals surface area contributed by atoms with E-state index in [2.05, 4.69) is 34.2 Å². The molecule has 0 N–H and O–H groups in total. The van der Waals surface area contributed by atoms with Crippen LogP contribution in [0.25, 0.3) is 6.08 Å². The van der Waals surface area contributed by atoms with Gasteiger partial charge in [-0.05, 0) is 29.8 Å². The maximum Gasteiger partial charge on any atom is 0.148 e. The number of hydrogen-bond donors (Lipinski definition) is 0. The molecule has 24 heavy (non-hydrogen) atoms. The van der Waals surface area contributed by atoms with Gasteiger partial charge in [-0.1, -0.05) is 29.8 Å². The molecule has 0 unspecified atom stereocenters. The Bertz CT molecular complexity index is 738. The van der Waals surface area contributed by atoms with Gasteiger partial charge in [0.05, 0.1) is 19.2 Å². The number of ether oxygens (including phenoxy) is 2. The van der Waals surface area contributed by atoms with E-state index in [0.717, 1.165) is 5.56 Å². The Hall–Kier alpha value is -2.46. The minimum atomic E-state index is 0.494. The van der Waals surface area contributed by atoms with Gasteiger partial charge in [-0.25, -0.2) is 0 Å². The van der Waals surface area contributed by atoms with Crippen molar-refractivity contribution < 1.29 is 9.47 Å². The second-order valence-electron chi connectivity index (χ2n) is 5.28. The van der Waals surface area contributed by atoms with Gasteiger partial charge in [0.25, 0.3) is 0 Å².